The normalized spacial score (nSPS) is 14.9. The summed E-state index contributed by atoms with van der Waals surface area (Å²) in [5.74, 6) is -0.0828. The van der Waals surface area contributed by atoms with Gasteiger partial charge in [0.1, 0.15) is 0 Å². The van der Waals surface area contributed by atoms with E-state index in [2.05, 4.69) is 20.7 Å². The van der Waals surface area contributed by atoms with Crippen molar-refractivity contribution in [2.45, 2.75) is 0 Å². The molecule has 1 fully saturated rings. The molecule has 0 saturated carbocycles. The number of para-hydroxylation sites is 1. The van der Waals surface area contributed by atoms with Gasteiger partial charge in [0.2, 0.25) is 0 Å². The molecule has 0 aliphatic carbocycles. The number of nitrogens with zero attached hydrogens (tertiary/aromatic N) is 1. The monoisotopic (exact) mass is 527 g/mol. The predicted octanol–water partition coefficient (Wildman–Crippen LogP) is 5.07. The summed E-state index contributed by atoms with van der Waals surface area (Å²) in [6.45, 7) is -0.296. The molecule has 156 valence electrons. The average molecular weight is 529 g/mol. The van der Waals surface area contributed by atoms with E-state index in [1.807, 2.05) is 0 Å². The van der Waals surface area contributed by atoms with Crippen LogP contribution < -0.4 is 14.4 Å². The molecule has 6 nitrogen and oxygen atoms in total. The van der Waals surface area contributed by atoms with Crippen LogP contribution >= 0.6 is 51.5 Å². The number of thioether (sulfide) groups is 1. The third kappa shape index (κ3) is 4.80. The largest absolute Gasteiger partial charge is 0.493 e. The molecule has 10 heteroatoms. The highest BCUT2D eigenvalue weighted by molar-refractivity contribution is 9.10. The summed E-state index contributed by atoms with van der Waals surface area (Å²) < 4.78 is 16.6. The van der Waals surface area contributed by atoms with E-state index in [-0.39, 0.29) is 12.5 Å². The van der Waals surface area contributed by atoms with Crippen molar-refractivity contribution < 1.29 is 23.8 Å². The molecule has 3 rings (SSSR count). The number of thiocarbonyl (C=S) groups is 1. The number of benzene rings is 2. The van der Waals surface area contributed by atoms with Crippen molar-refractivity contribution in [2.24, 2.45) is 0 Å². The fourth-order valence-corrected chi connectivity index (χ4v) is 4.32. The first kappa shape index (κ1) is 22.6. The Morgan fingerprint density at radius 2 is 2.07 bits per heavy atom. The third-order valence-electron chi connectivity index (χ3n) is 4.03. The number of carbonyl (C=O) groups is 2. The van der Waals surface area contributed by atoms with Gasteiger partial charge >= 0.3 is 5.97 Å². The number of methoxy groups -OCH3 is 2. The number of rotatable bonds is 6. The Bertz CT molecular complexity index is 1060. The molecule has 2 aromatic carbocycles. The molecule has 0 bridgehead atoms. The highest BCUT2D eigenvalue weighted by atomic mass is 79.9. The van der Waals surface area contributed by atoms with E-state index < -0.39 is 5.97 Å². The molecule has 1 aliphatic heterocycles. The van der Waals surface area contributed by atoms with Crippen LogP contribution in [0.25, 0.3) is 6.08 Å². The van der Waals surface area contributed by atoms with E-state index in [0.717, 1.165) is 16.2 Å². The summed E-state index contributed by atoms with van der Waals surface area (Å²) in [6.07, 6.45) is 1.65. The summed E-state index contributed by atoms with van der Waals surface area (Å²) in [7, 11) is 2.76. The number of esters is 1. The van der Waals surface area contributed by atoms with Gasteiger partial charge in [0.05, 0.1) is 29.8 Å². The Morgan fingerprint density at radius 1 is 1.30 bits per heavy atom. The van der Waals surface area contributed by atoms with Gasteiger partial charge in [-0.3, -0.25) is 9.69 Å². The van der Waals surface area contributed by atoms with Crippen molar-refractivity contribution in [3.05, 3.63) is 56.4 Å². The molecular weight excluding hydrogens is 514 g/mol. The van der Waals surface area contributed by atoms with Gasteiger partial charge in [0, 0.05) is 10.0 Å². The number of carbonyl (C=O) groups excluding carboxylic acids is 2. The first-order valence-corrected chi connectivity index (χ1v) is 10.8. The first-order chi connectivity index (χ1) is 14.3. The Labute approximate surface area is 196 Å². The van der Waals surface area contributed by atoms with Crippen molar-refractivity contribution in [3.8, 4) is 11.5 Å². The molecular formula is C20H15BrClNO5S2. The van der Waals surface area contributed by atoms with Crippen LogP contribution in [0.15, 0.2) is 45.8 Å². The summed E-state index contributed by atoms with van der Waals surface area (Å²) in [5.41, 5.74) is 1.13. The summed E-state index contributed by atoms with van der Waals surface area (Å²) >= 11 is 16.1. The second-order valence-corrected chi connectivity index (χ2v) is 8.80. The quantitative estimate of drug-likeness (QED) is 0.295. The summed E-state index contributed by atoms with van der Waals surface area (Å²) in [5, 5.41) is 0.469. The number of ether oxygens (including phenoxy) is 3. The molecule has 1 saturated heterocycles. The lowest BCUT2D eigenvalue weighted by Crippen LogP contribution is -2.27. The van der Waals surface area contributed by atoms with Gasteiger partial charge in [0.15, 0.2) is 22.4 Å². The van der Waals surface area contributed by atoms with Crippen molar-refractivity contribution in [1.29, 1.82) is 0 Å². The van der Waals surface area contributed by atoms with Gasteiger partial charge in [-0.2, -0.15) is 0 Å². The molecule has 0 unspecified atom stereocenters. The van der Waals surface area contributed by atoms with E-state index in [0.29, 0.717) is 37.0 Å². The molecule has 2 aromatic rings. The maximum Gasteiger partial charge on any atom is 0.343 e. The number of amides is 1. The fraction of sp³-hybridized carbons (Fsp3) is 0.150. The lowest BCUT2D eigenvalue weighted by Gasteiger charge is -2.15. The lowest BCUT2D eigenvalue weighted by molar-refractivity contribution is -0.142. The van der Waals surface area contributed by atoms with Crippen LogP contribution in [0.1, 0.15) is 5.56 Å². The Kier molecular flexibility index (Phi) is 7.41. The van der Waals surface area contributed by atoms with Crippen molar-refractivity contribution in [3.63, 3.8) is 0 Å². The minimum atomic E-state index is -0.537. The molecule has 30 heavy (non-hydrogen) atoms. The van der Waals surface area contributed by atoms with Gasteiger partial charge in [-0.15, -0.1) is 0 Å². The third-order valence-corrected chi connectivity index (χ3v) is 6.57. The highest BCUT2D eigenvalue weighted by Crippen LogP contribution is 2.40. The van der Waals surface area contributed by atoms with Gasteiger partial charge in [-0.05, 0) is 46.3 Å². The zero-order valence-corrected chi connectivity index (χ0v) is 19.8. The molecule has 0 atom stereocenters. The van der Waals surface area contributed by atoms with E-state index in [1.165, 1.54) is 19.1 Å². The van der Waals surface area contributed by atoms with Crippen LogP contribution in [0, 0.1) is 0 Å². The zero-order chi connectivity index (χ0) is 21.8. The number of hydrogen-bond donors (Lipinski definition) is 0. The fourth-order valence-electron chi connectivity index (χ4n) is 2.61. The maximum atomic E-state index is 13.0. The smallest absolute Gasteiger partial charge is 0.343 e. The number of halogens is 2. The molecule has 1 aliphatic rings. The van der Waals surface area contributed by atoms with Gasteiger partial charge in [-0.1, -0.05) is 47.7 Å². The zero-order valence-electron chi connectivity index (χ0n) is 15.8. The predicted molar refractivity (Wildman–Crippen MR) is 125 cm³/mol. The van der Waals surface area contributed by atoms with Crippen LogP contribution in [0.2, 0.25) is 5.02 Å². The van der Waals surface area contributed by atoms with Gasteiger partial charge in [-0.25, -0.2) is 4.79 Å². The SMILES string of the molecule is COC(=O)COc1c(/C=C2/SC(=S)N(c3ccc(Br)c(Cl)c3)C2=O)cccc1OC. The molecule has 0 spiro atoms. The topological polar surface area (TPSA) is 65.1 Å². The van der Waals surface area contributed by atoms with Crippen LogP contribution in [0.3, 0.4) is 0 Å². The molecule has 1 amide bonds. The lowest BCUT2D eigenvalue weighted by atomic mass is 10.1. The van der Waals surface area contributed by atoms with Gasteiger partial charge in [0.25, 0.3) is 5.91 Å². The Hall–Kier alpha value is -2.07. The Morgan fingerprint density at radius 3 is 2.73 bits per heavy atom. The summed E-state index contributed by atoms with van der Waals surface area (Å²) in [4.78, 5) is 26.3. The van der Waals surface area contributed by atoms with Crippen LogP contribution in [-0.2, 0) is 14.3 Å². The second kappa shape index (κ2) is 9.82. The van der Waals surface area contributed by atoms with Crippen molar-refractivity contribution >= 4 is 79.5 Å². The van der Waals surface area contributed by atoms with E-state index in [1.54, 1.807) is 42.5 Å². The average Bonchev–Trinajstić information content (AvgIpc) is 3.01. The Balaban J connectivity index is 1.95. The van der Waals surface area contributed by atoms with Crippen LogP contribution in [-0.4, -0.2) is 37.0 Å². The van der Waals surface area contributed by atoms with E-state index >= 15 is 0 Å². The second-order valence-electron chi connectivity index (χ2n) is 5.86. The molecule has 0 radical (unpaired) electrons. The van der Waals surface area contributed by atoms with Crippen molar-refractivity contribution in [2.75, 3.05) is 25.7 Å². The first-order valence-electron chi connectivity index (χ1n) is 8.45. The summed E-state index contributed by atoms with van der Waals surface area (Å²) in [6, 6.07) is 10.4. The van der Waals surface area contributed by atoms with Crippen LogP contribution in [0.5, 0.6) is 11.5 Å². The standard InChI is InChI=1S/C20H15BrClNO5S2/c1-26-15-5-3-4-11(18(15)28-10-17(24)27-2)8-16-19(25)23(20(29)30-16)12-6-7-13(21)14(22)9-12/h3-9H,10H2,1-2H3/b16-8+. The molecule has 0 aromatic heterocycles. The highest BCUT2D eigenvalue weighted by Gasteiger charge is 2.34. The van der Waals surface area contributed by atoms with Gasteiger partial charge < -0.3 is 14.2 Å². The van der Waals surface area contributed by atoms with Crippen LogP contribution in [0.4, 0.5) is 5.69 Å². The molecule has 1 heterocycles. The minimum Gasteiger partial charge on any atom is -0.493 e. The molecule has 0 N–H and O–H groups in total. The van der Waals surface area contributed by atoms with E-state index in [9.17, 15) is 9.59 Å². The number of hydrogen-bond acceptors (Lipinski definition) is 7. The minimum absolute atomic E-state index is 0.287. The number of anilines is 1. The van der Waals surface area contributed by atoms with E-state index in [4.69, 9.17) is 33.3 Å². The van der Waals surface area contributed by atoms with Crippen molar-refractivity contribution in [1.82, 2.24) is 0 Å². The maximum absolute atomic E-state index is 13.0.